The van der Waals surface area contributed by atoms with Crippen molar-refractivity contribution < 1.29 is 0 Å². The van der Waals surface area contributed by atoms with Crippen LogP contribution in [0.1, 0.15) is 37.3 Å². The van der Waals surface area contributed by atoms with Crippen molar-refractivity contribution in [2.75, 3.05) is 0 Å². The third-order valence-electron chi connectivity index (χ3n) is 3.37. The first kappa shape index (κ1) is 10.8. The number of halogens is 1. The Hall–Kier alpha value is -1.35. The fourth-order valence-corrected chi connectivity index (χ4v) is 2.71. The molecule has 3 rings (SSSR count). The summed E-state index contributed by atoms with van der Waals surface area (Å²) in [4.78, 5) is 4.00. The lowest BCUT2D eigenvalue weighted by atomic mass is 10.1. The standard InChI is InChI=1S/C13H14ClN3/c14-13-9-12(10-3-1-2-4-10)16-17(13)11-5-7-15-8-6-11/h5-10H,1-4H2. The maximum absolute atomic E-state index is 6.24. The normalized spacial score (nSPS) is 16.5. The van der Waals surface area contributed by atoms with Crippen LogP contribution in [-0.4, -0.2) is 14.8 Å². The molecule has 17 heavy (non-hydrogen) atoms. The van der Waals surface area contributed by atoms with Gasteiger partial charge in [-0.15, -0.1) is 0 Å². The number of pyridine rings is 1. The molecule has 0 saturated heterocycles. The highest BCUT2D eigenvalue weighted by Crippen LogP contribution is 2.34. The van der Waals surface area contributed by atoms with E-state index in [0.29, 0.717) is 11.1 Å². The monoisotopic (exact) mass is 247 g/mol. The van der Waals surface area contributed by atoms with E-state index in [9.17, 15) is 0 Å². The summed E-state index contributed by atoms with van der Waals surface area (Å²) in [6.45, 7) is 0. The van der Waals surface area contributed by atoms with Crippen molar-refractivity contribution in [1.29, 1.82) is 0 Å². The minimum atomic E-state index is 0.593. The molecule has 0 bridgehead atoms. The Labute approximate surface area is 105 Å². The average molecular weight is 248 g/mol. The highest BCUT2D eigenvalue weighted by atomic mass is 35.5. The van der Waals surface area contributed by atoms with Crippen LogP contribution < -0.4 is 0 Å². The van der Waals surface area contributed by atoms with Gasteiger partial charge in [0.2, 0.25) is 0 Å². The van der Waals surface area contributed by atoms with E-state index in [1.807, 2.05) is 18.2 Å². The summed E-state index contributed by atoms with van der Waals surface area (Å²) < 4.78 is 1.79. The smallest absolute Gasteiger partial charge is 0.133 e. The maximum atomic E-state index is 6.24. The summed E-state index contributed by atoms with van der Waals surface area (Å²) in [7, 11) is 0. The van der Waals surface area contributed by atoms with Gasteiger partial charge in [0.25, 0.3) is 0 Å². The minimum Gasteiger partial charge on any atom is -0.265 e. The zero-order chi connectivity index (χ0) is 11.7. The molecule has 1 aliphatic carbocycles. The topological polar surface area (TPSA) is 30.7 Å². The molecular weight excluding hydrogens is 234 g/mol. The van der Waals surface area contributed by atoms with Crippen LogP contribution in [-0.2, 0) is 0 Å². The van der Waals surface area contributed by atoms with Gasteiger partial charge in [0.15, 0.2) is 0 Å². The van der Waals surface area contributed by atoms with Crippen LogP contribution in [0, 0.1) is 0 Å². The first-order valence-corrected chi connectivity index (χ1v) is 6.38. The summed E-state index contributed by atoms with van der Waals surface area (Å²) in [6, 6.07) is 5.83. The number of hydrogen-bond donors (Lipinski definition) is 0. The summed E-state index contributed by atoms with van der Waals surface area (Å²) >= 11 is 6.24. The molecule has 0 aliphatic heterocycles. The van der Waals surface area contributed by atoms with Gasteiger partial charge in [-0.05, 0) is 31.0 Å². The lowest BCUT2D eigenvalue weighted by molar-refractivity contribution is 0.678. The van der Waals surface area contributed by atoms with Crippen LogP contribution >= 0.6 is 11.6 Å². The first-order valence-electron chi connectivity index (χ1n) is 6.00. The summed E-state index contributed by atoms with van der Waals surface area (Å²) in [5, 5.41) is 5.30. The molecule has 0 amide bonds. The molecule has 4 heteroatoms. The maximum Gasteiger partial charge on any atom is 0.133 e. The van der Waals surface area contributed by atoms with Crippen molar-refractivity contribution in [3.05, 3.63) is 41.4 Å². The van der Waals surface area contributed by atoms with Gasteiger partial charge in [-0.25, -0.2) is 4.68 Å². The highest BCUT2D eigenvalue weighted by Gasteiger charge is 2.21. The fourth-order valence-electron chi connectivity index (χ4n) is 2.46. The molecule has 2 aromatic heterocycles. The molecule has 1 aliphatic rings. The van der Waals surface area contributed by atoms with Crippen LogP contribution in [0.3, 0.4) is 0 Å². The van der Waals surface area contributed by atoms with Gasteiger partial charge >= 0.3 is 0 Å². The predicted octanol–water partition coefficient (Wildman–Crippen LogP) is 3.58. The Bertz CT molecular complexity index is 501. The quantitative estimate of drug-likeness (QED) is 0.812. The molecule has 0 aromatic carbocycles. The van der Waals surface area contributed by atoms with Crippen molar-refractivity contribution in [1.82, 2.24) is 14.8 Å². The van der Waals surface area contributed by atoms with Crippen molar-refractivity contribution in [3.8, 4) is 5.69 Å². The lowest BCUT2D eigenvalue weighted by Gasteiger charge is -2.04. The molecule has 1 fully saturated rings. The third kappa shape index (κ3) is 2.07. The molecule has 3 nitrogen and oxygen atoms in total. The molecule has 0 N–H and O–H groups in total. The largest absolute Gasteiger partial charge is 0.265 e. The van der Waals surface area contributed by atoms with E-state index in [-0.39, 0.29) is 0 Å². The second-order valence-corrected chi connectivity index (χ2v) is 4.88. The van der Waals surface area contributed by atoms with Gasteiger partial charge in [-0.2, -0.15) is 5.10 Å². The second-order valence-electron chi connectivity index (χ2n) is 4.49. The number of aromatic nitrogens is 3. The Morgan fingerprint density at radius 1 is 1.18 bits per heavy atom. The van der Waals surface area contributed by atoms with E-state index in [1.165, 1.54) is 25.7 Å². The van der Waals surface area contributed by atoms with Crippen LogP contribution in [0.4, 0.5) is 0 Å². The summed E-state index contributed by atoms with van der Waals surface area (Å²) in [5.74, 6) is 0.593. The molecule has 0 spiro atoms. The Balaban J connectivity index is 1.96. The summed E-state index contributed by atoms with van der Waals surface area (Å²) in [6.07, 6.45) is 8.60. The highest BCUT2D eigenvalue weighted by molar-refractivity contribution is 6.29. The SMILES string of the molecule is Clc1cc(C2CCCC2)nn1-c1ccncc1. The Morgan fingerprint density at radius 2 is 1.88 bits per heavy atom. The Kier molecular flexibility index (Phi) is 2.85. The molecule has 2 heterocycles. The zero-order valence-electron chi connectivity index (χ0n) is 9.51. The van der Waals surface area contributed by atoms with Gasteiger partial charge in [-0.3, -0.25) is 4.98 Å². The van der Waals surface area contributed by atoms with E-state index in [0.717, 1.165) is 11.4 Å². The van der Waals surface area contributed by atoms with Crippen LogP contribution in [0.2, 0.25) is 5.15 Å². The second kappa shape index (κ2) is 4.49. The Morgan fingerprint density at radius 3 is 2.59 bits per heavy atom. The van der Waals surface area contributed by atoms with Gasteiger partial charge < -0.3 is 0 Å². The predicted molar refractivity (Wildman–Crippen MR) is 67.6 cm³/mol. The first-order chi connectivity index (χ1) is 8.34. The zero-order valence-corrected chi connectivity index (χ0v) is 10.3. The van der Waals surface area contributed by atoms with Crippen molar-refractivity contribution >= 4 is 11.6 Å². The van der Waals surface area contributed by atoms with Crippen molar-refractivity contribution in [2.45, 2.75) is 31.6 Å². The minimum absolute atomic E-state index is 0.593. The van der Waals surface area contributed by atoms with Gasteiger partial charge in [0, 0.05) is 18.3 Å². The van der Waals surface area contributed by atoms with Gasteiger partial charge in [-0.1, -0.05) is 24.4 Å². The summed E-state index contributed by atoms with van der Waals surface area (Å²) in [5.41, 5.74) is 2.10. The van der Waals surface area contributed by atoms with Crippen LogP contribution in [0.5, 0.6) is 0 Å². The molecule has 0 unspecified atom stereocenters. The van der Waals surface area contributed by atoms with E-state index >= 15 is 0 Å². The van der Waals surface area contributed by atoms with Gasteiger partial charge in [0.05, 0.1) is 11.4 Å². The van der Waals surface area contributed by atoms with Crippen LogP contribution in [0.15, 0.2) is 30.6 Å². The van der Waals surface area contributed by atoms with E-state index in [2.05, 4.69) is 10.1 Å². The van der Waals surface area contributed by atoms with E-state index in [4.69, 9.17) is 11.6 Å². The average Bonchev–Trinajstić information content (AvgIpc) is 2.99. The molecule has 88 valence electrons. The third-order valence-corrected chi connectivity index (χ3v) is 3.63. The van der Waals surface area contributed by atoms with E-state index < -0.39 is 0 Å². The molecular formula is C13H14ClN3. The van der Waals surface area contributed by atoms with E-state index in [1.54, 1.807) is 17.1 Å². The lowest BCUT2D eigenvalue weighted by Crippen LogP contribution is -1.99. The molecule has 1 saturated carbocycles. The fraction of sp³-hybridized carbons (Fsp3) is 0.385. The van der Waals surface area contributed by atoms with Crippen molar-refractivity contribution in [3.63, 3.8) is 0 Å². The number of rotatable bonds is 2. The molecule has 2 aromatic rings. The number of nitrogens with zero attached hydrogens (tertiary/aromatic N) is 3. The van der Waals surface area contributed by atoms with Crippen molar-refractivity contribution in [2.24, 2.45) is 0 Å². The van der Waals surface area contributed by atoms with Crippen LogP contribution in [0.25, 0.3) is 5.69 Å². The molecule has 0 atom stereocenters. The number of hydrogen-bond acceptors (Lipinski definition) is 2. The van der Waals surface area contributed by atoms with Gasteiger partial charge in [0.1, 0.15) is 5.15 Å². The molecule has 0 radical (unpaired) electrons.